The van der Waals surface area contributed by atoms with Gasteiger partial charge in [-0.2, -0.15) is 0 Å². The summed E-state index contributed by atoms with van der Waals surface area (Å²) in [7, 11) is 0. The number of guanidine groups is 1. The largest absolute Gasteiger partial charge is 0.369 e. The lowest BCUT2D eigenvalue weighted by Gasteiger charge is -2.36. The van der Waals surface area contributed by atoms with E-state index < -0.39 is 0 Å². The van der Waals surface area contributed by atoms with Gasteiger partial charge in [-0.3, -0.25) is 9.89 Å². The summed E-state index contributed by atoms with van der Waals surface area (Å²) in [6.45, 7) is 9.72. The molecule has 156 valence electrons. The van der Waals surface area contributed by atoms with Crippen molar-refractivity contribution in [2.45, 2.75) is 38.6 Å². The molecular formula is C22H36IN5. The van der Waals surface area contributed by atoms with E-state index in [0.717, 1.165) is 64.5 Å². The third-order valence-electron chi connectivity index (χ3n) is 5.34. The van der Waals surface area contributed by atoms with Crippen molar-refractivity contribution in [2.24, 2.45) is 4.99 Å². The minimum atomic E-state index is 0. The first-order valence-electron chi connectivity index (χ1n) is 10.6. The maximum atomic E-state index is 4.75. The van der Waals surface area contributed by atoms with Gasteiger partial charge in [-0.05, 0) is 51.3 Å². The maximum Gasteiger partial charge on any atom is 0.191 e. The van der Waals surface area contributed by atoms with Crippen LogP contribution in [-0.2, 0) is 0 Å². The average Bonchev–Trinajstić information content (AvgIpc) is 3.22. The number of rotatable bonds is 8. The van der Waals surface area contributed by atoms with Crippen LogP contribution < -0.4 is 15.5 Å². The zero-order chi connectivity index (χ0) is 18.7. The quantitative estimate of drug-likeness (QED) is 0.190. The fourth-order valence-corrected chi connectivity index (χ4v) is 3.75. The molecule has 0 radical (unpaired) electrons. The van der Waals surface area contributed by atoms with Gasteiger partial charge in [0.2, 0.25) is 0 Å². The van der Waals surface area contributed by atoms with E-state index >= 15 is 0 Å². The monoisotopic (exact) mass is 497 g/mol. The van der Waals surface area contributed by atoms with Crippen LogP contribution >= 0.6 is 24.0 Å². The maximum absolute atomic E-state index is 4.75. The van der Waals surface area contributed by atoms with Crippen LogP contribution in [0.1, 0.15) is 32.6 Å². The average molecular weight is 497 g/mol. The lowest BCUT2D eigenvalue weighted by molar-refractivity contribution is 0.253. The summed E-state index contributed by atoms with van der Waals surface area (Å²) in [4.78, 5) is 9.84. The van der Waals surface area contributed by atoms with Crippen LogP contribution in [0, 0.1) is 0 Å². The SMILES string of the molecule is CCNC(=NCCCCN1CCN(c2ccccc2)CC1)NC1CC=CC1.I. The van der Waals surface area contributed by atoms with Gasteiger partial charge in [0.15, 0.2) is 5.96 Å². The van der Waals surface area contributed by atoms with E-state index in [1.807, 2.05) is 0 Å². The molecule has 28 heavy (non-hydrogen) atoms. The summed E-state index contributed by atoms with van der Waals surface area (Å²) >= 11 is 0. The molecule has 1 aromatic rings. The number of piperazine rings is 1. The van der Waals surface area contributed by atoms with Crippen LogP contribution in [0.4, 0.5) is 5.69 Å². The second kappa shape index (κ2) is 13.0. The molecular weight excluding hydrogens is 461 g/mol. The van der Waals surface area contributed by atoms with E-state index in [-0.39, 0.29) is 24.0 Å². The molecule has 6 heteroatoms. The highest BCUT2D eigenvalue weighted by Crippen LogP contribution is 2.15. The van der Waals surface area contributed by atoms with Gasteiger partial charge >= 0.3 is 0 Å². The van der Waals surface area contributed by atoms with E-state index in [0.29, 0.717) is 6.04 Å². The summed E-state index contributed by atoms with van der Waals surface area (Å²) < 4.78 is 0. The smallest absolute Gasteiger partial charge is 0.191 e. The Hall–Kier alpha value is -1.28. The first-order valence-corrected chi connectivity index (χ1v) is 10.6. The molecule has 0 unspecified atom stereocenters. The highest BCUT2D eigenvalue weighted by Gasteiger charge is 2.16. The Morgan fingerprint density at radius 3 is 2.43 bits per heavy atom. The van der Waals surface area contributed by atoms with Gasteiger partial charge in [0.05, 0.1) is 0 Å². The lowest BCUT2D eigenvalue weighted by Crippen LogP contribution is -2.46. The molecule has 0 aromatic heterocycles. The Morgan fingerprint density at radius 2 is 1.75 bits per heavy atom. The fraction of sp³-hybridized carbons (Fsp3) is 0.591. The van der Waals surface area contributed by atoms with Crippen molar-refractivity contribution in [1.82, 2.24) is 15.5 Å². The van der Waals surface area contributed by atoms with Crippen molar-refractivity contribution in [3.05, 3.63) is 42.5 Å². The molecule has 1 fully saturated rings. The summed E-state index contributed by atoms with van der Waals surface area (Å²) in [5.74, 6) is 0.975. The molecule has 0 spiro atoms. The van der Waals surface area contributed by atoms with Crippen molar-refractivity contribution in [1.29, 1.82) is 0 Å². The van der Waals surface area contributed by atoms with Crippen LogP contribution in [0.3, 0.4) is 0 Å². The first-order chi connectivity index (χ1) is 13.3. The summed E-state index contributed by atoms with van der Waals surface area (Å²) in [5.41, 5.74) is 1.35. The van der Waals surface area contributed by atoms with E-state index in [1.165, 1.54) is 18.7 Å². The predicted molar refractivity (Wildman–Crippen MR) is 131 cm³/mol. The Bertz CT molecular complexity index is 588. The number of unbranched alkanes of at least 4 members (excludes halogenated alkanes) is 1. The summed E-state index contributed by atoms with van der Waals surface area (Å²) in [6, 6.07) is 11.3. The van der Waals surface area contributed by atoms with Gasteiger partial charge in [-0.25, -0.2) is 0 Å². The molecule has 1 saturated heterocycles. The van der Waals surface area contributed by atoms with Crippen molar-refractivity contribution in [3.8, 4) is 0 Å². The Morgan fingerprint density at radius 1 is 1.04 bits per heavy atom. The van der Waals surface area contributed by atoms with Gasteiger partial charge in [-0.15, -0.1) is 24.0 Å². The molecule has 0 bridgehead atoms. The molecule has 2 aliphatic rings. The normalized spacial score (nSPS) is 18.2. The van der Waals surface area contributed by atoms with Crippen LogP contribution in [-0.4, -0.2) is 62.7 Å². The molecule has 3 rings (SSSR count). The topological polar surface area (TPSA) is 42.9 Å². The number of nitrogens with one attached hydrogen (secondary N) is 2. The van der Waals surface area contributed by atoms with E-state index in [9.17, 15) is 0 Å². The van der Waals surface area contributed by atoms with Crippen LogP contribution in [0.5, 0.6) is 0 Å². The van der Waals surface area contributed by atoms with Gasteiger partial charge in [0.25, 0.3) is 0 Å². The fourth-order valence-electron chi connectivity index (χ4n) is 3.75. The van der Waals surface area contributed by atoms with Crippen LogP contribution in [0.25, 0.3) is 0 Å². The van der Waals surface area contributed by atoms with Crippen LogP contribution in [0.2, 0.25) is 0 Å². The number of hydrogen-bond donors (Lipinski definition) is 2. The highest BCUT2D eigenvalue weighted by molar-refractivity contribution is 14.0. The zero-order valence-electron chi connectivity index (χ0n) is 17.1. The number of para-hydroxylation sites is 1. The molecule has 1 aromatic carbocycles. The van der Waals surface area contributed by atoms with Crippen molar-refractivity contribution in [3.63, 3.8) is 0 Å². The molecule has 1 aliphatic heterocycles. The lowest BCUT2D eigenvalue weighted by atomic mass is 10.2. The summed E-state index contributed by atoms with van der Waals surface area (Å²) in [5, 5.41) is 6.90. The zero-order valence-corrected chi connectivity index (χ0v) is 19.5. The second-order valence-electron chi connectivity index (χ2n) is 7.42. The molecule has 2 N–H and O–H groups in total. The number of halogens is 1. The standard InChI is InChI=1S/C22H35N5.HI/c1-2-23-22(25-20-10-6-7-11-20)24-14-8-9-15-26-16-18-27(19-17-26)21-12-4-3-5-13-21;/h3-7,12-13,20H,2,8-11,14-19H2,1H3,(H2,23,24,25);1H. The van der Waals surface area contributed by atoms with E-state index in [4.69, 9.17) is 4.99 Å². The number of anilines is 1. The minimum Gasteiger partial charge on any atom is -0.369 e. The predicted octanol–water partition coefficient (Wildman–Crippen LogP) is 3.48. The van der Waals surface area contributed by atoms with E-state index in [2.05, 4.69) is 69.8 Å². The second-order valence-corrected chi connectivity index (χ2v) is 7.42. The number of aliphatic imine (C=N–C) groups is 1. The van der Waals surface area contributed by atoms with Crippen LogP contribution in [0.15, 0.2) is 47.5 Å². The third-order valence-corrected chi connectivity index (χ3v) is 5.34. The number of benzene rings is 1. The molecule has 5 nitrogen and oxygen atoms in total. The third kappa shape index (κ3) is 7.62. The number of hydrogen-bond acceptors (Lipinski definition) is 3. The summed E-state index contributed by atoms with van der Waals surface area (Å²) in [6.07, 6.45) is 9.09. The van der Waals surface area contributed by atoms with Crippen molar-refractivity contribution < 1.29 is 0 Å². The van der Waals surface area contributed by atoms with Gasteiger partial charge in [0.1, 0.15) is 0 Å². The van der Waals surface area contributed by atoms with Crippen molar-refractivity contribution in [2.75, 3.05) is 50.7 Å². The molecule has 0 atom stereocenters. The minimum absolute atomic E-state index is 0. The van der Waals surface area contributed by atoms with Gasteiger partial charge < -0.3 is 15.5 Å². The number of nitrogens with zero attached hydrogens (tertiary/aromatic N) is 3. The molecule has 0 saturated carbocycles. The molecule has 0 amide bonds. The highest BCUT2D eigenvalue weighted by atomic mass is 127. The molecule has 1 heterocycles. The Balaban J connectivity index is 0.00000280. The first kappa shape index (κ1) is 23.0. The molecule has 1 aliphatic carbocycles. The van der Waals surface area contributed by atoms with E-state index in [1.54, 1.807) is 0 Å². The van der Waals surface area contributed by atoms with Gasteiger partial charge in [0, 0.05) is 51.0 Å². The Kier molecular flexibility index (Phi) is 10.7. The van der Waals surface area contributed by atoms with Gasteiger partial charge in [-0.1, -0.05) is 30.4 Å². The van der Waals surface area contributed by atoms with Crippen molar-refractivity contribution >= 4 is 35.6 Å². The Labute approximate surface area is 187 Å².